The van der Waals surface area contributed by atoms with Crippen molar-refractivity contribution < 1.29 is 9.90 Å². The number of rotatable bonds is 5. The maximum Gasteiger partial charge on any atom is 0.339 e. The molecule has 4 heteroatoms. The van der Waals surface area contributed by atoms with Gasteiger partial charge < -0.3 is 10.0 Å². The second-order valence-corrected chi connectivity index (χ2v) is 4.78. The Labute approximate surface area is 108 Å². The summed E-state index contributed by atoms with van der Waals surface area (Å²) < 4.78 is 0. The van der Waals surface area contributed by atoms with Gasteiger partial charge in [0.05, 0.1) is 0 Å². The van der Waals surface area contributed by atoms with Crippen molar-refractivity contribution in [2.24, 2.45) is 0 Å². The van der Waals surface area contributed by atoms with Crippen molar-refractivity contribution in [1.82, 2.24) is 4.98 Å². The van der Waals surface area contributed by atoms with Crippen LogP contribution in [0.1, 0.15) is 48.7 Å². The molecular weight excluding hydrogens is 228 g/mol. The van der Waals surface area contributed by atoms with E-state index < -0.39 is 5.97 Å². The first-order valence-electron chi connectivity index (χ1n) is 6.70. The number of carboxylic acids is 1. The van der Waals surface area contributed by atoms with Crippen LogP contribution in [0.5, 0.6) is 0 Å². The van der Waals surface area contributed by atoms with Gasteiger partial charge >= 0.3 is 5.97 Å². The third-order valence-corrected chi connectivity index (χ3v) is 3.36. The molecule has 0 spiro atoms. The molecule has 0 aromatic carbocycles. The zero-order valence-corrected chi connectivity index (χ0v) is 10.9. The lowest BCUT2D eigenvalue weighted by atomic mass is 10.1. The largest absolute Gasteiger partial charge is 0.478 e. The molecule has 0 aliphatic carbocycles. The Balaban J connectivity index is 2.28. The highest BCUT2D eigenvalue weighted by Gasteiger charge is 2.20. The van der Waals surface area contributed by atoms with Gasteiger partial charge in [-0.2, -0.15) is 0 Å². The Morgan fingerprint density at radius 1 is 1.39 bits per heavy atom. The summed E-state index contributed by atoms with van der Waals surface area (Å²) in [7, 11) is 0. The van der Waals surface area contributed by atoms with Gasteiger partial charge in [-0.3, -0.25) is 0 Å². The molecule has 18 heavy (non-hydrogen) atoms. The molecule has 1 aliphatic rings. The van der Waals surface area contributed by atoms with Gasteiger partial charge in [0.15, 0.2) is 0 Å². The molecule has 1 N–H and O–H groups in total. The number of aryl methyl sites for hydroxylation is 1. The van der Waals surface area contributed by atoms with Crippen LogP contribution in [0.25, 0.3) is 0 Å². The molecule has 1 aliphatic heterocycles. The van der Waals surface area contributed by atoms with Crippen molar-refractivity contribution >= 4 is 11.8 Å². The first kappa shape index (κ1) is 12.9. The number of hydrogen-bond acceptors (Lipinski definition) is 3. The zero-order valence-electron chi connectivity index (χ0n) is 10.9. The van der Waals surface area contributed by atoms with Crippen molar-refractivity contribution in [2.75, 3.05) is 18.0 Å². The van der Waals surface area contributed by atoms with Crippen LogP contribution in [0.2, 0.25) is 0 Å². The van der Waals surface area contributed by atoms with Crippen LogP contribution in [0.4, 0.5) is 5.82 Å². The third-order valence-electron chi connectivity index (χ3n) is 3.36. The van der Waals surface area contributed by atoms with Gasteiger partial charge in [-0.1, -0.05) is 13.3 Å². The molecule has 1 aromatic rings. The monoisotopic (exact) mass is 248 g/mol. The highest BCUT2D eigenvalue weighted by molar-refractivity contribution is 5.93. The lowest BCUT2D eigenvalue weighted by Gasteiger charge is -2.19. The van der Waals surface area contributed by atoms with Crippen LogP contribution in [-0.2, 0) is 6.42 Å². The fourth-order valence-corrected chi connectivity index (χ4v) is 2.32. The zero-order chi connectivity index (χ0) is 13.0. The van der Waals surface area contributed by atoms with E-state index in [-0.39, 0.29) is 0 Å². The first-order valence-corrected chi connectivity index (χ1v) is 6.70. The fraction of sp³-hybridized carbons (Fsp3) is 0.571. The highest BCUT2D eigenvalue weighted by Crippen LogP contribution is 2.23. The molecule has 0 saturated carbocycles. The van der Waals surface area contributed by atoms with Gasteiger partial charge in [0.25, 0.3) is 0 Å². The molecule has 0 amide bonds. The number of aromatic carboxylic acids is 1. The topological polar surface area (TPSA) is 53.4 Å². The summed E-state index contributed by atoms with van der Waals surface area (Å²) in [5, 5.41) is 9.23. The quantitative estimate of drug-likeness (QED) is 0.870. The Kier molecular flexibility index (Phi) is 4.18. The minimum Gasteiger partial charge on any atom is -0.478 e. The van der Waals surface area contributed by atoms with Crippen LogP contribution in [0, 0.1) is 0 Å². The molecule has 0 radical (unpaired) electrons. The summed E-state index contributed by atoms with van der Waals surface area (Å²) in [6.45, 7) is 3.99. The molecular formula is C14H20N2O2. The summed E-state index contributed by atoms with van der Waals surface area (Å²) in [4.78, 5) is 17.9. The molecule has 2 heterocycles. The number of hydrogen-bond donors (Lipinski definition) is 1. The molecule has 0 unspecified atom stereocenters. The highest BCUT2D eigenvalue weighted by atomic mass is 16.4. The van der Waals surface area contributed by atoms with Gasteiger partial charge in [0, 0.05) is 18.8 Å². The van der Waals surface area contributed by atoms with Gasteiger partial charge in [-0.05, 0) is 37.8 Å². The number of unbranched alkanes of at least 4 members (excludes halogenated alkanes) is 1. The summed E-state index contributed by atoms with van der Waals surface area (Å²) in [6, 6.07) is 3.55. The minimum absolute atomic E-state index is 0.331. The average molecular weight is 248 g/mol. The lowest BCUT2D eigenvalue weighted by molar-refractivity contribution is 0.0697. The number of aromatic nitrogens is 1. The molecule has 0 atom stereocenters. The maximum absolute atomic E-state index is 11.2. The Bertz CT molecular complexity index is 426. The smallest absolute Gasteiger partial charge is 0.339 e. The van der Waals surface area contributed by atoms with Crippen LogP contribution in [0.3, 0.4) is 0 Å². The van der Waals surface area contributed by atoms with E-state index >= 15 is 0 Å². The summed E-state index contributed by atoms with van der Waals surface area (Å²) in [6.07, 6.45) is 5.40. The molecule has 1 fully saturated rings. The van der Waals surface area contributed by atoms with Crippen LogP contribution < -0.4 is 4.90 Å². The van der Waals surface area contributed by atoms with Crippen LogP contribution in [-0.4, -0.2) is 29.1 Å². The van der Waals surface area contributed by atoms with Crippen molar-refractivity contribution in [3.8, 4) is 0 Å². The van der Waals surface area contributed by atoms with Crippen LogP contribution >= 0.6 is 0 Å². The van der Waals surface area contributed by atoms with Crippen molar-refractivity contribution in [2.45, 2.75) is 39.0 Å². The number of pyridine rings is 1. The van der Waals surface area contributed by atoms with Crippen molar-refractivity contribution in [3.05, 3.63) is 23.4 Å². The minimum atomic E-state index is -0.883. The molecule has 1 saturated heterocycles. The van der Waals surface area contributed by atoms with Gasteiger partial charge in [0.2, 0.25) is 0 Å². The van der Waals surface area contributed by atoms with E-state index in [4.69, 9.17) is 0 Å². The van der Waals surface area contributed by atoms with Gasteiger partial charge in [0.1, 0.15) is 11.4 Å². The van der Waals surface area contributed by atoms with Gasteiger partial charge in [-0.25, -0.2) is 9.78 Å². The SMILES string of the molecule is CCCCc1ccc(C(=O)O)c(N2CCCC2)n1. The second kappa shape index (κ2) is 5.85. The Morgan fingerprint density at radius 2 is 2.11 bits per heavy atom. The van der Waals surface area contributed by atoms with Crippen LogP contribution in [0.15, 0.2) is 12.1 Å². The van der Waals surface area contributed by atoms with E-state index in [1.54, 1.807) is 6.07 Å². The van der Waals surface area contributed by atoms with E-state index in [2.05, 4.69) is 16.8 Å². The van der Waals surface area contributed by atoms with Crippen molar-refractivity contribution in [1.29, 1.82) is 0 Å². The maximum atomic E-state index is 11.2. The second-order valence-electron chi connectivity index (χ2n) is 4.78. The van der Waals surface area contributed by atoms with E-state index in [9.17, 15) is 9.90 Å². The van der Waals surface area contributed by atoms with E-state index in [1.807, 2.05) is 6.07 Å². The average Bonchev–Trinajstić information content (AvgIpc) is 2.89. The molecule has 2 rings (SSSR count). The lowest BCUT2D eigenvalue weighted by Crippen LogP contribution is -2.22. The Morgan fingerprint density at radius 3 is 2.72 bits per heavy atom. The summed E-state index contributed by atoms with van der Waals surface area (Å²) in [5.74, 6) is -0.222. The van der Waals surface area contributed by atoms with E-state index in [0.717, 1.165) is 50.9 Å². The molecule has 4 nitrogen and oxygen atoms in total. The standard InChI is InChI=1S/C14H20N2O2/c1-2-3-6-11-7-8-12(14(17)18)13(15-11)16-9-4-5-10-16/h7-8H,2-6,9-10H2,1H3,(H,17,18). The normalized spacial score (nSPS) is 15.1. The summed E-state index contributed by atoms with van der Waals surface area (Å²) in [5.41, 5.74) is 1.33. The first-order chi connectivity index (χ1) is 8.72. The number of anilines is 1. The number of carbonyl (C=O) groups is 1. The number of nitrogens with zero attached hydrogens (tertiary/aromatic N) is 2. The van der Waals surface area contributed by atoms with E-state index in [1.165, 1.54) is 0 Å². The predicted molar refractivity (Wildman–Crippen MR) is 71.3 cm³/mol. The number of carboxylic acid groups (broad SMARTS) is 1. The van der Waals surface area contributed by atoms with Gasteiger partial charge in [-0.15, -0.1) is 0 Å². The van der Waals surface area contributed by atoms with Crippen molar-refractivity contribution in [3.63, 3.8) is 0 Å². The third kappa shape index (κ3) is 2.81. The molecule has 1 aromatic heterocycles. The Hall–Kier alpha value is -1.58. The predicted octanol–water partition coefficient (Wildman–Crippen LogP) is 2.72. The molecule has 98 valence electrons. The molecule has 0 bridgehead atoms. The fourth-order valence-electron chi connectivity index (χ4n) is 2.32. The van der Waals surface area contributed by atoms with E-state index in [0.29, 0.717) is 11.4 Å². The summed E-state index contributed by atoms with van der Waals surface area (Å²) >= 11 is 0.